The topological polar surface area (TPSA) is 68.9 Å². The lowest BCUT2D eigenvalue weighted by Gasteiger charge is -1.92. The van der Waals surface area contributed by atoms with Crippen LogP contribution in [0.15, 0.2) is 29.9 Å². The monoisotopic (exact) mass is 205 g/mol. The molecule has 70 valence electrons. The van der Waals surface area contributed by atoms with Gasteiger partial charge in [-0.15, -0.1) is 11.3 Å². The van der Waals surface area contributed by atoms with Gasteiger partial charge in [0.05, 0.1) is 0 Å². The van der Waals surface area contributed by atoms with Gasteiger partial charge in [0.15, 0.2) is 0 Å². The average Bonchev–Trinajstić information content (AvgIpc) is 2.68. The van der Waals surface area contributed by atoms with E-state index in [-0.39, 0.29) is 0 Å². The molecule has 0 aliphatic heterocycles. The van der Waals surface area contributed by atoms with Crippen LogP contribution in [0.2, 0.25) is 0 Å². The van der Waals surface area contributed by atoms with E-state index >= 15 is 0 Å². The van der Waals surface area contributed by atoms with Gasteiger partial charge in [-0.05, 0) is 12.1 Å². The van der Waals surface area contributed by atoms with E-state index < -0.39 is 5.91 Å². The predicted octanol–water partition coefficient (Wildman–Crippen LogP) is 1.30. The molecule has 0 saturated carbocycles. The van der Waals surface area contributed by atoms with E-state index in [1.807, 2.05) is 12.1 Å². The first-order chi connectivity index (χ1) is 6.77. The Kier molecular flexibility index (Phi) is 2.24. The molecule has 0 saturated heterocycles. The third-order valence-corrected chi connectivity index (χ3v) is 2.56. The Hall–Kier alpha value is -1.75. The quantitative estimate of drug-likeness (QED) is 0.803. The molecule has 1 amide bonds. The Balaban J connectivity index is 2.39. The molecule has 4 nitrogen and oxygen atoms in total. The predicted molar refractivity (Wildman–Crippen MR) is 53.9 cm³/mol. The molecule has 0 aromatic carbocycles. The number of primary amides is 1. The zero-order valence-corrected chi connectivity index (χ0v) is 7.99. The molecule has 0 aliphatic rings. The van der Waals surface area contributed by atoms with Gasteiger partial charge in [0.1, 0.15) is 10.7 Å². The van der Waals surface area contributed by atoms with Gasteiger partial charge in [-0.1, -0.05) is 0 Å². The van der Waals surface area contributed by atoms with Crippen LogP contribution in [0, 0.1) is 0 Å². The fraction of sp³-hybridized carbons (Fsp3) is 0. The van der Waals surface area contributed by atoms with Crippen molar-refractivity contribution < 1.29 is 4.79 Å². The molecule has 2 heterocycles. The molecule has 5 heteroatoms. The van der Waals surface area contributed by atoms with E-state index in [1.54, 1.807) is 17.8 Å². The van der Waals surface area contributed by atoms with Crippen LogP contribution in [0.3, 0.4) is 0 Å². The molecule has 0 atom stereocenters. The average molecular weight is 205 g/mol. The van der Waals surface area contributed by atoms with Crippen LogP contribution in [0.1, 0.15) is 10.5 Å². The van der Waals surface area contributed by atoms with Crippen molar-refractivity contribution in [2.75, 3.05) is 0 Å². The van der Waals surface area contributed by atoms with Crippen molar-refractivity contribution in [2.24, 2.45) is 5.73 Å². The largest absolute Gasteiger partial charge is 0.364 e. The van der Waals surface area contributed by atoms with E-state index in [4.69, 9.17) is 5.73 Å². The summed E-state index contributed by atoms with van der Waals surface area (Å²) < 4.78 is 0. The second kappa shape index (κ2) is 3.55. The summed E-state index contributed by atoms with van der Waals surface area (Å²) in [4.78, 5) is 18.8. The van der Waals surface area contributed by atoms with Gasteiger partial charge < -0.3 is 5.73 Å². The molecule has 0 bridgehead atoms. The van der Waals surface area contributed by atoms with Crippen molar-refractivity contribution in [1.29, 1.82) is 0 Å². The number of rotatable bonds is 2. The number of nitrogens with zero attached hydrogens (tertiary/aromatic N) is 2. The second-order valence-electron chi connectivity index (χ2n) is 2.64. The standard InChI is InChI=1S/C9H7N3OS/c10-8(13)7-5-14-9(12-7)6-2-1-3-11-4-6/h1-5H,(H2,10,13). The maximum Gasteiger partial charge on any atom is 0.268 e. The van der Waals surface area contributed by atoms with Crippen molar-refractivity contribution in [3.8, 4) is 10.6 Å². The number of thiazole rings is 1. The summed E-state index contributed by atoms with van der Waals surface area (Å²) in [5.41, 5.74) is 6.29. The van der Waals surface area contributed by atoms with E-state index in [1.165, 1.54) is 11.3 Å². The van der Waals surface area contributed by atoms with Crippen molar-refractivity contribution >= 4 is 17.2 Å². The number of carbonyl (C=O) groups is 1. The number of amides is 1. The first kappa shape index (κ1) is 8.83. The van der Waals surface area contributed by atoms with Crippen molar-refractivity contribution in [2.45, 2.75) is 0 Å². The lowest BCUT2D eigenvalue weighted by atomic mass is 10.3. The molecule has 0 radical (unpaired) electrons. The molecular formula is C9H7N3OS. The Morgan fingerprint density at radius 2 is 2.36 bits per heavy atom. The molecule has 0 spiro atoms. The number of carbonyl (C=O) groups excluding carboxylic acids is 1. The van der Waals surface area contributed by atoms with Crippen LogP contribution in [0.25, 0.3) is 10.6 Å². The fourth-order valence-electron chi connectivity index (χ4n) is 1.01. The first-order valence-corrected chi connectivity index (χ1v) is 4.81. The van der Waals surface area contributed by atoms with Crippen molar-refractivity contribution in [1.82, 2.24) is 9.97 Å². The Morgan fingerprint density at radius 3 is 2.93 bits per heavy atom. The van der Waals surface area contributed by atoms with Gasteiger partial charge in [0.2, 0.25) is 0 Å². The van der Waals surface area contributed by atoms with E-state index in [0.717, 1.165) is 10.6 Å². The maximum atomic E-state index is 10.8. The molecular weight excluding hydrogens is 198 g/mol. The van der Waals surface area contributed by atoms with Crippen molar-refractivity contribution in [3.05, 3.63) is 35.6 Å². The molecule has 2 rings (SSSR count). The molecule has 2 N–H and O–H groups in total. The van der Waals surface area contributed by atoms with Crippen LogP contribution < -0.4 is 5.73 Å². The highest BCUT2D eigenvalue weighted by Gasteiger charge is 2.07. The number of hydrogen-bond donors (Lipinski definition) is 1. The van der Waals surface area contributed by atoms with Crippen molar-refractivity contribution in [3.63, 3.8) is 0 Å². The lowest BCUT2D eigenvalue weighted by molar-refractivity contribution is 0.0996. The van der Waals surface area contributed by atoms with Crippen LogP contribution in [0.4, 0.5) is 0 Å². The van der Waals surface area contributed by atoms with Crippen LogP contribution in [-0.2, 0) is 0 Å². The minimum absolute atomic E-state index is 0.300. The molecule has 0 unspecified atom stereocenters. The molecule has 0 aliphatic carbocycles. The summed E-state index contributed by atoms with van der Waals surface area (Å²) in [5.74, 6) is -0.503. The highest BCUT2D eigenvalue weighted by atomic mass is 32.1. The zero-order valence-electron chi connectivity index (χ0n) is 7.18. The summed E-state index contributed by atoms with van der Waals surface area (Å²) in [6, 6.07) is 3.71. The third kappa shape index (κ3) is 1.62. The normalized spacial score (nSPS) is 10.0. The molecule has 14 heavy (non-hydrogen) atoms. The summed E-state index contributed by atoms with van der Waals surface area (Å²) in [6.45, 7) is 0. The highest BCUT2D eigenvalue weighted by Crippen LogP contribution is 2.22. The smallest absolute Gasteiger partial charge is 0.268 e. The van der Waals surface area contributed by atoms with Gasteiger partial charge in [-0.2, -0.15) is 0 Å². The minimum atomic E-state index is -0.503. The van der Waals surface area contributed by atoms with Crippen LogP contribution in [0.5, 0.6) is 0 Å². The van der Waals surface area contributed by atoms with Gasteiger partial charge in [-0.25, -0.2) is 4.98 Å². The lowest BCUT2D eigenvalue weighted by Crippen LogP contribution is -2.10. The first-order valence-electron chi connectivity index (χ1n) is 3.93. The maximum absolute atomic E-state index is 10.8. The molecule has 2 aromatic heterocycles. The van der Waals surface area contributed by atoms with Gasteiger partial charge in [-0.3, -0.25) is 9.78 Å². The molecule has 0 fully saturated rings. The number of aromatic nitrogens is 2. The summed E-state index contributed by atoms with van der Waals surface area (Å²) in [5, 5.41) is 2.40. The number of hydrogen-bond acceptors (Lipinski definition) is 4. The van der Waals surface area contributed by atoms with E-state index in [9.17, 15) is 4.79 Å². The fourth-order valence-corrected chi connectivity index (χ4v) is 1.81. The number of nitrogens with two attached hydrogens (primary N) is 1. The van der Waals surface area contributed by atoms with Crippen LogP contribution >= 0.6 is 11.3 Å². The Morgan fingerprint density at radius 1 is 1.50 bits per heavy atom. The van der Waals surface area contributed by atoms with Crippen LogP contribution in [-0.4, -0.2) is 15.9 Å². The summed E-state index contributed by atoms with van der Waals surface area (Å²) in [6.07, 6.45) is 3.38. The third-order valence-electron chi connectivity index (χ3n) is 1.67. The SMILES string of the molecule is NC(=O)c1csc(-c2cccnc2)n1. The van der Waals surface area contributed by atoms with Gasteiger partial charge >= 0.3 is 0 Å². The molecule has 2 aromatic rings. The summed E-state index contributed by atoms with van der Waals surface area (Å²) in [7, 11) is 0. The van der Waals surface area contributed by atoms with E-state index in [0.29, 0.717) is 5.69 Å². The minimum Gasteiger partial charge on any atom is -0.364 e. The zero-order chi connectivity index (χ0) is 9.97. The Bertz CT molecular complexity index is 452. The Labute approximate surface area is 84.4 Å². The van der Waals surface area contributed by atoms with E-state index in [2.05, 4.69) is 9.97 Å². The second-order valence-corrected chi connectivity index (χ2v) is 3.50. The number of pyridine rings is 1. The van der Waals surface area contributed by atoms with Gasteiger partial charge in [0, 0.05) is 23.3 Å². The summed E-state index contributed by atoms with van der Waals surface area (Å²) >= 11 is 1.38. The highest BCUT2D eigenvalue weighted by molar-refractivity contribution is 7.13. The van der Waals surface area contributed by atoms with Gasteiger partial charge in [0.25, 0.3) is 5.91 Å².